The van der Waals surface area contributed by atoms with Crippen LogP contribution in [0.15, 0.2) is 68.8 Å². The van der Waals surface area contributed by atoms with Crippen LogP contribution in [-0.4, -0.2) is 162 Å². The van der Waals surface area contributed by atoms with Crippen LogP contribution in [0.1, 0.15) is 59.9 Å². The molecule has 436 valence electrons. The normalized spacial score (nSPS) is 23.1. The first-order chi connectivity index (χ1) is 38.0. The van der Waals surface area contributed by atoms with E-state index in [0.717, 1.165) is 11.1 Å². The monoisotopic (exact) mass is 1120 g/mol. The second-order valence-electron chi connectivity index (χ2n) is 19.6. The number of nitrogens with two attached hydrogens (primary N) is 2. The highest BCUT2D eigenvalue weighted by atomic mass is 16.8. The average molecular weight is 1130 g/mol. The first-order valence-electron chi connectivity index (χ1n) is 25.5. The zero-order valence-electron chi connectivity index (χ0n) is 45.5. The number of carbonyl (C=O) groups excluding carboxylic acids is 2. The van der Waals surface area contributed by atoms with Crippen LogP contribution in [0, 0.1) is 10.1 Å². The second-order valence-corrected chi connectivity index (χ2v) is 19.6. The number of nitrogens with one attached hydrogen (secondary N) is 4. The molecule has 0 aliphatic carbocycles. The predicted octanol–water partition coefficient (Wildman–Crippen LogP) is 1.56. The fraction of sp³-hybridized carbons (Fsp3) is 0.551. The van der Waals surface area contributed by atoms with Crippen molar-refractivity contribution in [2.45, 2.75) is 121 Å². The van der Waals surface area contributed by atoms with Gasteiger partial charge in [-0.3, -0.25) is 38.8 Å². The number of fused-ring (bicyclic) bond motifs is 4. The SMILES string of the molecule is C=CCn1c(=O)n([C@@H]2O[C@H](COC(=O)N(C)CCNC)[C@H]3OC(C)(C)O[C@H]32)c2nc(N)[nH]c(=O)c21.C=CCn1c(=O)n([C@@H]2O[C@H](COC(=O)Oc3ccc([N+](=O)[O-])cc3)[C@H]3OC(C)(C)O[C@H]32)c2nc(N)[nH]c(=O)c21.CCCCNC. The third kappa shape index (κ3) is 12.9. The van der Waals surface area contributed by atoms with E-state index >= 15 is 0 Å². The lowest BCUT2D eigenvalue weighted by atomic mass is 10.1. The number of non-ortho nitro benzene ring substituents is 1. The fourth-order valence-electron chi connectivity index (χ4n) is 9.36. The van der Waals surface area contributed by atoms with Gasteiger partial charge in [0.05, 0.1) is 4.92 Å². The second kappa shape index (κ2) is 25.1. The maximum Gasteiger partial charge on any atom is 0.513 e. The van der Waals surface area contributed by atoms with Crippen molar-refractivity contribution in [3.63, 3.8) is 0 Å². The highest BCUT2D eigenvalue weighted by Gasteiger charge is 2.58. The molecule has 1 aromatic carbocycles. The molecule has 80 heavy (non-hydrogen) atoms. The number of amides is 1. The topological polar surface area (TPSA) is 385 Å². The molecule has 4 aliphatic heterocycles. The largest absolute Gasteiger partial charge is 0.513 e. The zero-order chi connectivity index (χ0) is 58.4. The minimum absolute atomic E-state index is 0.0156. The summed E-state index contributed by atoms with van der Waals surface area (Å²) >= 11 is 0. The number of benzene rings is 1. The number of imidazole rings is 2. The van der Waals surface area contributed by atoms with E-state index in [1.165, 1.54) is 67.9 Å². The van der Waals surface area contributed by atoms with Gasteiger partial charge in [-0.2, -0.15) is 9.97 Å². The van der Waals surface area contributed by atoms with E-state index in [4.69, 9.17) is 54.1 Å². The van der Waals surface area contributed by atoms with Crippen molar-refractivity contribution in [3.8, 4) is 5.75 Å². The molecule has 31 heteroatoms. The Morgan fingerprint density at radius 3 is 1.64 bits per heavy atom. The van der Waals surface area contributed by atoms with Crippen molar-refractivity contribution in [2.24, 2.45) is 0 Å². The summed E-state index contributed by atoms with van der Waals surface area (Å²) in [4.78, 5) is 102. The van der Waals surface area contributed by atoms with Gasteiger partial charge in [-0.1, -0.05) is 25.5 Å². The summed E-state index contributed by atoms with van der Waals surface area (Å²) in [5.41, 5.74) is 9.01. The van der Waals surface area contributed by atoms with Crippen molar-refractivity contribution < 1.29 is 57.1 Å². The number of rotatable bonds is 18. The number of nitrogen functional groups attached to an aromatic ring is 2. The van der Waals surface area contributed by atoms with Crippen LogP contribution in [0.2, 0.25) is 0 Å². The Morgan fingerprint density at radius 2 is 1.23 bits per heavy atom. The van der Waals surface area contributed by atoms with Gasteiger partial charge in [0.1, 0.15) is 55.6 Å². The standard InChI is InChI=1S/C23H24N6O10.C21H31N7O7.C5H13N/c1-4-9-27-14-17(25-20(24)26-18(14)30)28(21(27)31)19-16-15(38-23(2,3)39-16)13(37-19)10-35-22(32)36-12-7-5-11(6-8-12)29(33)34;1-6-8-27-12-15(24-18(22)25-16(12)29)28(19(27)30)17-14-13(34-21(2,3)35-14)11(33-17)10-32-20(31)26(5)9-7-23-4;1-3-4-5-6-2/h4-8,13,15-16,19H,1,9-10H2,2-3H3,(H3,24,25,26,30);6,11,13-14,17,23H,1,7-10H2,2-5H3,(H3,22,24,25,29);6H,3-5H2,1-2H3/t13-,15-,16-,19-;11-,13-,14-,17-;/m11./s1. The number of carbonyl (C=O) groups is 2. The maximum absolute atomic E-state index is 13.4. The summed E-state index contributed by atoms with van der Waals surface area (Å²) in [5.74, 6) is -2.37. The summed E-state index contributed by atoms with van der Waals surface area (Å²) in [6, 6.07) is 4.85. The number of ether oxygens (including phenoxy) is 9. The minimum atomic E-state index is -1.12. The van der Waals surface area contributed by atoms with E-state index in [1.54, 1.807) is 41.8 Å². The molecule has 5 aromatic rings. The number of hydrogen-bond acceptors (Lipinski definition) is 23. The number of nitro groups is 1. The molecule has 0 spiro atoms. The zero-order valence-corrected chi connectivity index (χ0v) is 45.5. The van der Waals surface area contributed by atoms with E-state index in [9.17, 15) is 38.9 Å². The van der Waals surface area contributed by atoms with Gasteiger partial charge in [-0.15, -0.1) is 13.2 Å². The molecule has 0 unspecified atom stereocenters. The van der Waals surface area contributed by atoms with Crippen molar-refractivity contribution >= 4 is 52.2 Å². The summed E-state index contributed by atoms with van der Waals surface area (Å²) in [6.07, 6.45) is -2.86. The lowest BCUT2D eigenvalue weighted by molar-refractivity contribution is -0.384. The first kappa shape index (κ1) is 59.9. The maximum atomic E-state index is 13.4. The molecule has 4 saturated heterocycles. The van der Waals surface area contributed by atoms with Crippen LogP contribution >= 0.6 is 0 Å². The third-order valence-electron chi connectivity index (χ3n) is 12.8. The average Bonchev–Trinajstić information content (AvgIpc) is 4.36. The molecule has 4 fully saturated rings. The molecule has 8 atom stereocenters. The summed E-state index contributed by atoms with van der Waals surface area (Å²) in [5, 5.41) is 16.8. The van der Waals surface area contributed by atoms with Crippen LogP contribution in [0.25, 0.3) is 22.3 Å². The van der Waals surface area contributed by atoms with Gasteiger partial charge in [-0.25, -0.2) is 28.3 Å². The smallest absolute Gasteiger partial charge is 0.447 e. The molecule has 1 amide bonds. The molecule has 8 N–H and O–H groups in total. The molecule has 0 radical (unpaired) electrons. The Morgan fingerprint density at radius 1 is 0.775 bits per heavy atom. The molecule has 4 aromatic heterocycles. The number of H-pyrrole nitrogens is 2. The first-order valence-corrected chi connectivity index (χ1v) is 25.5. The molecule has 0 saturated carbocycles. The van der Waals surface area contributed by atoms with Crippen LogP contribution in [-0.2, 0) is 51.0 Å². The molecule has 4 aliphatic rings. The lowest BCUT2D eigenvalue weighted by Crippen LogP contribution is -2.37. The van der Waals surface area contributed by atoms with Crippen LogP contribution in [0.4, 0.5) is 27.2 Å². The molecule has 8 heterocycles. The third-order valence-corrected chi connectivity index (χ3v) is 12.8. The highest BCUT2D eigenvalue weighted by molar-refractivity contribution is 5.73. The van der Waals surface area contributed by atoms with Crippen molar-refractivity contribution in [2.75, 3.05) is 65.5 Å². The Bertz CT molecular complexity index is 3300. The molecule has 31 nitrogen and oxygen atoms in total. The van der Waals surface area contributed by atoms with Crippen molar-refractivity contribution in [3.05, 3.63) is 101 Å². The van der Waals surface area contributed by atoms with Gasteiger partial charge < -0.3 is 69.6 Å². The molecule has 9 rings (SSSR count). The van der Waals surface area contributed by atoms with Gasteiger partial charge in [-0.05, 0) is 66.9 Å². The predicted molar refractivity (Wildman–Crippen MR) is 286 cm³/mol. The Hall–Kier alpha value is -7.78. The van der Waals surface area contributed by atoms with Gasteiger partial charge >= 0.3 is 23.6 Å². The van der Waals surface area contributed by atoms with E-state index in [1.807, 2.05) is 7.05 Å². The summed E-state index contributed by atoms with van der Waals surface area (Å²) < 4.78 is 56.9. The van der Waals surface area contributed by atoms with E-state index < -0.39 is 100 Å². The highest BCUT2D eigenvalue weighted by Crippen LogP contribution is 2.45. The minimum Gasteiger partial charge on any atom is -0.447 e. The quantitative estimate of drug-likeness (QED) is 0.0181. The Labute approximate surface area is 455 Å². The number of allylic oxidation sites excluding steroid dienone is 2. The number of nitrogens with zero attached hydrogens (tertiary/aromatic N) is 8. The Kier molecular flexibility index (Phi) is 18.8. The van der Waals surface area contributed by atoms with Gasteiger partial charge in [0.25, 0.3) is 16.8 Å². The van der Waals surface area contributed by atoms with Gasteiger partial charge in [0.15, 0.2) is 46.4 Å². The van der Waals surface area contributed by atoms with Crippen LogP contribution in [0.3, 0.4) is 0 Å². The lowest BCUT2D eigenvalue weighted by Gasteiger charge is -2.25. The molecule has 0 bridgehead atoms. The van der Waals surface area contributed by atoms with Gasteiger partial charge in [0.2, 0.25) is 11.9 Å². The van der Waals surface area contributed by atoms with Gasteiger partial charge in [0, 0.05) is 45.4 Å². The summed E-state index contributed by atoms with van der Waals surface area (Å²) in [7, 11) is 5.39. The number of anilines is 2. The van der Waals surface area contributed by atoms with E-state index in [2.05, 4.69) is 50.7 Å². The molecular weight excluding hydrogens is 1060 g/mol. The fourth-order valence-corrected chi connectivity index (χ4v) is 9.36. The Balaban J connectivity index is 0.000000211. The number of aromatic amines is 2. The summed E-state index contributed by atoms with van der Waals surface area (Å²) in [6.45, 7) is 18.1. The molecular formula is C49H68N14O17. The van der Waals surface area contributed by atoms with Crippen molar-refractivity contribution in [1.29, 1.82) is 0 Å². The number of nitro benzene ring substituents is 1. The van der Waals surface area contributed by atoms with Crippen molar-refractivity contribution in [1.82, 2.24) is 53.7 Å². The van der Waals surface area contributed by atoms with Crippen LogP contribution in [0.5, 0.6) is 5.75 Å². The van der Waals surface area contributed by atoms with E-state index in [-0.39, 0.29) is 72.0 Å². The number of unbranched alkanes of at least 4 members (excludes halogenated alkanes) is 1. The number of likely N-dealkylation sites (N-methyl/N-ethyl adjacent to an activating group) is 2. The van der Waals surface area contributed by atoms with Crippen LogP contribution < -0.4 is 49.3 Å². The van der Waals surface area contributed by atoms with E-state index in [0.29, 0.717) is 13.1 Å². The number of aromatic nitrogens is 8. The number of hydrogen-bond donors (Lipinski definition) is 6.